The van der Waals surface area contributed by atoms with E-state index < -0.39 is 11.2 Å². The molecule has 3 fully saturated rings. The Balaban J connectivity index is 1.21. The fourth-order valence-electron chi connectivity index (χ4n) is 4.14. The number of methoxy groups -OCH3 is 1. The Kier molecular flexibility index (Phi) is 5.23. The van der Waals surface area contributed by atoms with E-state index in [9.17, 15) is 14.0 Å². The van der Waals surface area contributed by atoms with Gasteiger partial charge in [-0.3, -0.25) is 9.59 Å². The first kappa shape index (κ1) is 20.3. The minimum Gasteiger partial charge on any atom is -0.484 e. The molecule has 2 amide bonds. The van der Waals surface area contributed by atoms with Gasteiger partial charge >= 0.3 is 6.01 Å². The van der Waals surface area contributed by atoms with E-state index >= 15 is 0 Å². The third kappa shape index (κ3) is 3.89. The first-order valence-corrected chi connectivity index (χ1v) is 9.74. The van der Waals surface area contributed by atoms with Crippen molar-refractivity contribution in [3.63, 3.8) is 0 Å². The molecule has 0 radical (unpaired) electrons. The normalized spacial score (nSPS) is 23.6. The zero-order valence-electron chi connectivity index (χ0n) is 16.2. The molecule has 2 bridgehead atoms. The third-order valence-electron chi connectivity index (χ3n) is 5.48. The highest BCUT2D eigenvalue weighted by Gasteiger charge is 2.72. The van der Waals surface area contributed by atoms with Gasteiger partial charge in [-0.15, -0.1) is 0 Å². The summed E-state index contributed by atoms with van der Waals surface area (Å²) in [6.45, 7) is 0.0435. The van der Waals surface area contributed by atoms with Gasteiger partial charge in [-0.2, -0.15) is 4.98 Å². The second-order valence-corrected chi connectivity index (χ2v) is 8.13. The van der Waals surface area contributed by atoms with Crippen LogP contribution in [0.1, 0.15) is 25.0 Å². The van der Waals surface area contributed by atoms with Gasteiger partial charge in [0, 0.05) is 17.8 Å². The quantitative estimate of drug-likeness (QED) is 0.659. The number of benzene rings is 1. The number of carbonyl (C=O) groups is 2. The van der Waals surface area contributed by atoms with Crippen molar-refractivity contribution in [3.8, 4) is 11.8 Å². The average molecular weight is 435 g/mol. The molecule has 3 aliphatic carbocycles. The fourth-order valence-corrected chi connectivity index (χ4v) is 4.26. The van der Waals surface area contributed by atoms with Crippen LogP contribution in [0.15, 0.2) is 30.5 Å². The van der Waals surface area contributed by atoms with Crippen molar-refractivity contribution in [2.24, 2.45) is 5.41 Å². The summed E-state index contributed by atoms with van der Waals surface area (Å²) in [7, 11) is 1.48. The molecule has 0 unspecified atom stereocenters. The van der Waals surface area contributed by atoms with Crippen molar-refractivity contribution in [2.45, 2.75) is 31.3 Å². The van der Waals surface area contributed by atoms with Crippen LogP contribution in [0.3, 0.4) is 0 Å². The minimum absolute atomic E-state index is 0.0110. The summed E-state index contributed by atoms with van der Waals surface area (Å²) in [5, 5.41) is 5.80. The van der Waals surface area contributed by atoms with Crippen LogP contribution in [0.2, 0.25) is 5.02 Å². The molecule has 0 atom stereocenters. The van der Waals surface area contributed by atoms with E-state index in [-0.39, 0.29) is 47.3 Å². The number of rotatable bonds is 8. The number of hydrogen-bond acceptors (Lipinski definition) is 6. The van der Waals surface area contributed by atoms with Crippen molar-refractivity contribution in [3.05, 3.63) is 47.0 Å². The molecule has 8 nitrogen and oxygen atoms in total. The summed E-state index contributed by atoms with van der Waals surface area (Å²) >= 11 is 5.62. The van der Waals surface area contributed by atoms with Crippen LogP contribution in [-0.4, -0.2) is 41.0 Å². The number of halogens is 2. The third-order valence-corrected chi connectivity index (χ3v) is 5.79. The standard InChI is InChI=1S/C20H20ClFN4O4/c1-29-18-23-5-4-12(25-18)7-24-17(28)19-9-20(10-19,11-19)26-16(27)8-30-13-2-3-14(21)15(22)6-13/h2-6H,7-11H2,1H3,(H,24,28)(H,26,27). The first-order chi connectivity index (χ1) is 14.3. The molecule has 1 aromatic heterocycles. The summed E-state index contributed by atoms with van der Waals surface area (Å²) in [5.74, 6) is -0.750. The van der Waals surface area contributed by atoms with Gasteiger partial charge in [0.1, 0.15) is 11.6 Å². The largest absolute Gasteiger partial charge is 0.484 e. The zero-order valence-corrected chi connectivity index (χ0v) is 17.0. The van der Waals surface area contributed by atoms with Crippen molar-refractivity contribution in [1.29, 1.82) is 0 Å². The SMILES string of the molecule is COc1nccc(CNC(=O)C23CC(NC(=O)COc4ccc(Cl)c(F)c4)(C2)C3)n1. The van der Waals surface area contributed by atoms with E-state index in [0.29, 0.717) is 25.0 Å². The molecule has 3 saturated carbocycles. The molecule has 1 heterocycles. The molecule has 10 heteroatoms. The van der Waals surface area contributed by atoms with Crippen LogP contribution in [-0.2, 0) is 16.1 Å². The van der Waals surface area contributed by atoms with Gasteiger partial charge in [-0.25, -0.2) is 9.37 Å². The summed E-state index contributed by atoms with van der Waals surface area (Å²) in [6, 6.07) is 5.94. The van der Waals surface area contributed by atoms with Gasteiger partial charge in [-0.1, -0.05) is 11.6 Å². The number of ether oxygens (including phenoxy) is 2. The van der Waals surface area contributed by atoms with Crippen molar-refractivity contribution in [2.75, 3.05) is 13.7 Å². The summed E-state index contributed by atoms with van der Waals surface area (Å²) in [5.41, 5.74) is -0.147. The van der Waals surface area contributed by atoms with Gasteiger partial charge in [0.2, 0.25) is 5.91 Å². The van der Waals surface area contributed by atoms with Crippen molar-refractivity contribution in [1.82, 2.24) is 20.6 Å². The zero-order chi connectivity index (χ0) is 21.4. The lowest BCUT2D eigenvalue weighted by Crippen LogP contribution is -2.78. The molecule has 5 rings (SSSR count). The molecule has 2 aromatic rings. The number of amides is 2. The van der Waals surface area contributed by atoms with Crippen LogP contribution in [0.5, 0.6) is 11.8 Å². The minimum atomic E-state index is -0.609. The van der Waals surface area contributed by atoms with E-state index in [1.54, 1.807) is 12.3 Å². The highest BCUT2D eigenvalue weighted by atomic mass is 35.5. The molecular formula is C20H20ClFN4O4. The van der Waals surface area contributed by atoms with Gasteiger partial charge in [0.15, 0.2) is 6.61 Å². The number of nitrogens with one attached hydrogen (secondary N) is 2. The smallest absolute Gasteiger partial charge is 0.316 e. The van der Waals surface area contributed by atoms with Gasteiger partial charge in [0.25, 0.3) is 5.91 Å². The van der Waals surface area contributed by atoms with E-state index in [4.69, 9.17) is 21.1 Å². The maximum atomic E-state index is 13.4. The fraction of sp³-hybridized carbons (Fsp3) is 0.400. The number of nitrogens with zero attached hydrogens (tertiary/aromatic N) is 2. The Morgan fingerprint density at radius 2 is 2.03 bits per heavy atom. The van der Waals surface area contributed by atoms with Gasteiger partial charge < -0.3 is 20.1 Å². The Morgan fingerprint density at radius 3 is 2.73 bits per heavy atom. The molecule has 0 spiro atoms. The Morgan fingerprint density at radius 1 is 1.27 bits per heavy atom. The molecule has 158 valence electrons. The van der Waals surface area contributed by atoms with Crippen LogP contribution in [0, 0.1) is 11.2 Å². The highest BCUT2D eigenvalue weighted by Crippen LogP contribution is 2.67. The van der Waals surface area contributed by atoms with E-state index in [1.165, 1.54) is 19.2 Å². The van der Waals surface area contributed by atoms with Crippen LogP contribution >= 0.6 is 11.6 Å². The molecule has 1 aromatic carbocycles. The van der Waals surface area contributed by atoms with Gasteiger partial charge in [-0.05, 0) is 37.5 Å². The Bertz CT molecular complexity index is 983. The van der Waals surface area contributed by atoms with Crippen LogP contribution < -0.4 is 20.1 Å². The van der Waals surface area contributed by atoms with Crippen molar-refractivity contribution < 1.29 is 23.5 Å². The van der Waals surface area contributed by atoms with E-state index in [0.717, 1.165) is 6.07 Å². The highest BCUT2D eigenvalue weighted by molar-refractivity contribution is 6.30. The molecule has 3 aliphatic rings. The van der Waals surface area contributed by atoms with Crippen molar-refractivity contribution >= 4 is 23.4 Å². The lowest BCUT2D eigenvalue weighted by atomic mass is 9.39. The summed E-state index contributed by atoms with van der Waals surface area (Å²) in [4.78, 5) is 32.8. The number of aromatic nitrogens is 2. The average Bonchev–Trinajstić information content (AvgIpc) is 2.68. The second-order valence-electron chi connectivity index (χ2n) is 7.72. The van der Waals surface area contributed by atoms with Gasteiger partial charge in [0.05, 0.1) is 29.8 Å². The molecular weight excluding hydrogens is 415 g/mol. The Hall–Kier alpha value is -2.94. The maximum absolute atomic E-state index is 13.4. The molecule has 0 saturated heterocycles. The lowest BCUT2D eigenvalue weighted by Gasteiger charge is -2.69. The molecule has 0 aliphatic heterocycles. The van der Waals surface area contributed by atoms with Crippen LogP contribution in [0.25, 0.3) is 0 Å². The predicted octanol–water partition coefficient (Wildman–Crippen LogP) is 2.01. The number of carbonyl (C=O) groups excluding carboxylic acids is 2. The van der Waals surface area contributed by atoms with Crippen LogP contribution in [0.4, 0.5) is 4.39 Å². The number of hydrogen-bond donors (Lipinski definition) is 2. The molecule has 30 heavy (non-hydrogen) atoms. The summed E-state index contributed by atoms with van der Waals surface area (Å²) in [6.07, 6.45) is 3.32. The predicted molar refractivity (Wildman–Crippen MR) is 104 cm³/mol. The Labute approximate surface area is 177 Å². The monoisotopic (exact) mass is 434 g/mol. The lowest BCUT2D eigenvalue weighted by molar-refractivity contribution is -0.184. The molecule has 2 N–H and O–H groups in total. The van der Waals surface area contributed by atoms with E-state index in [2.05, 4.69) is 20.6 Å². The second kappa shape index (κ2) is 7.71. The first-order valence-electron chi connectivity index (χ1n) is 9.36. The summed E-state index contributed by atoms with van der Waals surface area (Å²) < 4.78 is 23.7. The topological polar surface area (TPSA) is 102 Å². The van der Waals surface area contributed by atoms with E-state index in [1.807, 2.05) is 0 Å². The maximum Gasteiger partial charge on any atom is 0.316 e.